The van der Waals surface area contributed by atoms with Crippen LogP contribution in [0.4, 0.5) is 0 Å². The molecule has 0 aliphatic carbocycles. The van der Waals surface area contributed by atoms with Gasteiger partial charge in [0.25, 0.3) is 0 Å². The summed E-state index contributed by atoms with van der Waals surface area (Å²) in [5, 5.41) is 4.39. The Balaban J connectivity index is 1.80. The van der Waals surface area contributed by atoms with Gasteiger partial charge in [-0.3, -0.25) is 5.32 Å². The van der Waals surface area contributed by atoms with Crippen molar-refractivity contribution in [1.82, 2.24) is 10.3 Å². The van der Waals surface area contributed by atoms with Gasteiger partial charge < -0.3 is 4.42 Å². The highest BCUT2D eigenvalue weighted by Gasteiger charge is 2.24. The third-order valence-corrected chi connectivity index (χ3v) is 4.83. The number of aromatic nitrogens is 1. The zero-order valence-electron chi connectivity index (χ0n) is 11.5. The van der Waals surface area contributed by atoms with E-state index in [1.807, 2.05) is 24.8 Å². The highest BCUT2D eigenvalue weighted by molar-refractivity contribution is 7.99. The molecule has 2 atom stereocenters. The third kappa shape index (κ3) is 2.87. The van der Waals surface area contributed by atoms with Crippen LogP contribution in [0.25, 0.3) is 0 Å². The van der Waals surface area contributed by atoms with Crippen molar-refractivity contribution < 1.29 is 4.42 Å². The summed E-state index contributed by atoms with van der Waals surface area (Å²) < 4.78 is 5.59. The Kier molecular flexibility index (Phi) is 4.06. The van der Waals surface area contributed by atoms with Gasteiger partial charge in [-0.15, -0.1) is 11.8 Å². The highest BCUT2D eigenvalue weighted by atomic mass is 35.5. The molecular weight excluding hydrogens is 292 g/mol. The minimum absolute atomic E-state index is 0.0867. The van der Waals surface area contributed by atoms with Crippen molar-refractivity contribution in [2.24, 2.45) is 0 Å². The van der Waals surface area contributed by atoms with Gasteiger partial charge in [0.2, 0.25) is 5.89 Å². The van der Waals surface area contributed by atoms with Gasteiger partial charge in [0.1, 0.15) is 5.76 Å². The van der Waals surface area contributed by atoms with Crippen molar-refractivity contribution in [3.05, 3.63) is 46.6 Å². The van der Waals surface area contributed by atoms with Crippen molar-refractivity contribution in [1.29, 1.82) is 0 Å². The van der Waals surface area contributed by atoms with Crippen LogP contribution in [0.15, 0.2) is 33.7 Å². The summed E-state index contributed by atoms with van der Waals surface area (Å²) in [6.45, 7) is 3.99. The van der Waals surface area contributed by atoms with E-state index >= 15 is 0 Å². The summed E-state index contributed by atoms with van der Waals surface area (Å²) in [6.07, 6.45) is 2.84. The Bertz CT molecular complexity index is 614. The number of fused-ring (bicyclic) bond motifs is 1. The number of nitrogens with zero attached hydrogens (tertiary/aromatic N) is 1. The molecule has 3 nitrogen and oxygen atoms in total. The maximum Gasteiger partial charge on any atom is 0.211 e. The lowest BCUT2D eigenvalue weighted by Crippen LogP contribution is -2.27. The van der Waals surface area contributed by atoms with E-state index in [1.54, 1.807) is 6.20 Å². The second kappa shape index (κ2) is 5.80. The first kappa shape index (κ1) is 14.0. The number of hydrogen-bond acceptors (Lipinski definition) is 4. The number of rotatable bonds is 3. The SMILES string of the molecule is Cc1cnc(C(C)NC2CCSc3ccc(Cl)cc32)o1. The van der Waals surface area contributed by atoms with Crippen molar-refractivity contribution in [3.63, 3.8) is 0 Å². The fraction of sp³-hybridized carbons (Fsp3) is 0.400. The molecule has 5 heteroatoms. The molecule has 0 amide bonds. The topological polar surface area (TPSA) is 38.1 Å². The number of benzene rings is 1. The Morgan fingerprint density at radius 1 is 1.50 bits per heavy atom. The molecule has 1 aliphatic rings. The molecule has 0 bridgehead atoms. The fourth-order valence-corrected chi connectivity index (χ4v) is 3.77. The van der Waals surface area contributed by atoms with Crippen LogP contribution in [0.5, 0.6) is 0 Å². The maximum atomic E-state index is 6.13. The minimum atomic E-state index is 0.0867. The molecule has 1 aromatic carbocycles. The summed E-state index contributed by atoms with van der Waals surface area (Å²) in [6, 6.07) is 6.51. The van der Waals surface area contributed by atoms with E-state index in [-0.39, 0.29) is 6.04 Å². The van der Waals surface area contributed by atoms with Gasteiger partial charge in [0.05, 0.1) is 12.2 Å². The summed E-state index contributed by atoms with van der Waals surface area (Å²) >= 11 is 8.02. The molecule has 0 saturated heterocycles. The molecule has 20 heavy (non-hydrogen) atoms. The van der Waals surface area contributed by atoms with Crippen LogP contribution >= 0.6 is 23.4 Å². The zero-order valence-corrected chi connectivity index (χ0v) is 13.1. The van der Waals surface area contributed by atoms with Crippen LogP contribution in [0.2, 0.25) is 5.02 Å². The predicted molar refractivity (Wildman–Crippen MR) is 82.3 cm³/mol. The number of aryl methyl sites for hydroxylation is 1. The lowest BCUT2D eigenvalue weighted by atomic mass is 10.0. The van der Waals surface area contributed by atoms with Crippen LogP contribution in [0.3, 0.4) is 0 Å². The Hall–Kier alpha value is -0.970. The Labute approximate surface area is 128 Å². The van der Waals surface area contributed by atoms with Gasteiger partial charge in [0, 0.05) is 16.0 Å². The molecule has 1 aliphatic heterocycles. The number of thioether (sulfide) groups is 1. The normalized spacial score (nSPS) is 19.6. The molecule has 0 radical (unpaired) electrons. The fourth-order valence-electron chi connectivity index (χ4n) is 2.48. The molecule has 3 rings (SSSR count). The second-order valence-electron chi connectivity index (χ2n) is 5.07. The van der Waals surface area contributed by atoms with Gasteiger partial charge in [-0.25, -0.2) is 4.98 Å². The highest BCUT2D eigenvalue weighted by Crippen LogP contribution is 2.38. The molecule has 2 unspecified atom stereocenters. The lowest BCUT2D eigenvalue weighted by Gasteiger charge is -2.28. The molecule has 1 N–H and O–H groups in total. The molecule has 0 spiro atoms. The van der Waals surface area contributed by atoms with E-state index < -0.39 is 0 Å². The Morgan fingerprint density at radius 3 is 3.10 bits per heavy atom. The van der Waals surface area contributed by atoms with Gasteiger partial charge in [-0.2, -0.15) is 0 Å². The number of oxazole rings is 1. The predicted octanol–water partition coefficient (Wildman–Crippen LogP) is 4.52. The monoisotopic (exact) mass is 308 g/mol. The minimum Gasteiger partial charge on any atom is -0.444 e. The van der Waals surface area contributed by atoms with Crippen LogP contribution in [-0.2, 0) is 0 Å². The van der Waals surface area contributed by atoms with Crippen molar-refractivity contribution in [2.75, 3.05) is 5.75 Å². The Morgan fingerprint density at radius 2 is 2.35 bits per heavy atom. The van der Waals surface area contributed by atoms with Crippen LogP contribution in [0, 0.1) is 6.92 Å². The van der Waals surface area contributed by atoms with E-state index in [2.05, 4.69) is 29.4 Å². The summed E-state index contributed by atoms with van der Waals surface area (Å²) in [7, 11) is 0. The van der Waals surface area contributed by atoms with Gasteiger partial charge >= 0.3 is 0 Å². The first-order valence-electron chi connectivity index (χ1n) is 6.74. The van der Waals surface area contributed by atoms with Gasteiger partial charge in [0.15, 0.2) is 0 Å². The van der Waals surface area contributed by atoms with E-state index in [4.69, 9.17) is 16.0 Å². The summed E-state index contributed by atoms with van der Waals surface area (Å²) in [4.78, 5) is 5.61. The molecular formula is C15H17ClN2OS. The second-order valence-corrected chi connectivity index (χ2v) is 6.64. The van der Waals surface area contributed by atoms with Gasteiger partial charge in [-0.05, 0) is 49.8 Å². The van der Waals surface area contributed by atoms with E-state index in [9.17, 15) is 0 Å². The first-order valence-corrected chi connectivity index (χ1v) is 8.10. The first-order chi connectivity index (χ1) is 9.63. The maximum absolute atomic E-state index is 6.13. The quantitative estimate of drug-likeness (QED) is 0.904. The zero-order chi connectivity index (χ0) is 14.1. The number of nitrogens with one attached hydrogen (secondary N) is 1. The van der Waals surface area contributed by atoms with E-state index in [1.165, 1.54) is 10.5 Å². The molecule has 1 aromatic heterocycles. The molecule has 0 saturated carbocycles. The molecule has 0 fully saturated rings. The van der Waals surface area contributed by atoms with Gasteiger partial charge in [-0.1, -0.05) is 11.6 Å². The van der Waals surface area contributed by atoms with Crippen molar-refractivity contribution in [3.8, 4) is 0 Å². The summed E-state index contributed by atoms with van der Waals surface area (Å²) in [5.41, 5.74) is 1.28. The smallest absolute Gasteiger partial charge is 0.211 e. The number of hydrogen-bond donors (Lipinski definition) is 1. The van der Waals surface area contributed by atoms with E-state index in [0.717, 1.165) is 28.8 Å². The molecule has 2 aromatic rings. The average Bonchev–Trinajstić information content (AvgIpc) is 2.86. The van der Waals surface area contributed by atoms with Crippen LogP contribution < -0.4 is 5.32 Å². The van der Waals surface area contributed by atoms with Crippen molar-refractivity contribution >= 4 is 23.4 Å². The van der Waals surface area contributed by atoms with Crippen LogP contribution in [0.1, 0.15) is 42.6 Å². The van der Waals surface area contributed by atoms with Crippen LogP contribution in [-0.4, -0.2) is 10.7 Å². The van der Waals surface area contributed by atoms with E-state index in [0.29, 0.717) is 6.04 Å². The average molecular weight is 309 g/mol. The molecule has 106 valence electrons. The van der Waals surface area contributed by atoms with Crippen molar-refractivity contribution in [2.45, 2.75) is 37.2 Å². The largest absolute Gasteiger partial charge is 0.444 e. The summed E-state index contributed by atoms with van der Waals surface area (Å²) in [5.74, 6) is 2.70. The standard InChI is InChI=1S/C15H17ClN2OS/c1-9-8-17-15(19-9)10(2)18-13-5-6-20-14-4-3-11(16)7-12(13)14/h3-4,7-8,10,13,18H,5-6H2,1-2H3. The third-order valence-electron chi connectivity index (χ3n) is 3.47. The number of halogens is 1. The lowest BCUT2D eigenvalue weighted by molar-refractivity contribution is 0.365. The molecule has 2 heterocycles.